The lowest BCUT2D eigenvalue weighted by molar-refractivity contribution is 0.582. The summed E-state index contributed by atoms with van der Waals surface area (Å²) in [5.41, 5.74) is 3.14. The minimum atomic E-state index is -0.262. The number of nitrogens with one attached hydrogen (secondary N) is 1. The number of likely N-dealkylation sites (N-methyl/N-ethyl adjacent to an activating group) is 1. The molecule has 0 heterocycles. The van der Waals surface area contributed by atoms with E-state index in [-0.39, 0.29) is 11.9 Å². The zero-order valence-corrected chi connectivity index (χ0v) is 13.7. The van der Waals surface area contributed by atoms with E-state index in [2.05, 4.69) is 39.4 Å². The Hall–Kier alpha value is -0.900. The second-order valence-electron chi connectivity index (χ2n) is 4.81. The van der Waals surface area contributed by atoms with Crippen molar-refractivity contribution in [1.82, 2.24) is 5.32 Å². The Labute approximate surface area is 132 Å². The molecule has 1 nitrogen and oxygen atoms in total. The highest BCUT2D eigenvalue weighted by Crippen LogP contribution is 2.29. The molecule has 106 valence electrons. The Balaban J connectivity index is 2.31. The van der Waals surface area contributed by atoms with E-state index in [9.17, 15) is 4.39 Å². The first kappa shape index (κ1) is 15.5. The standard InChI is InChI=1S/C16H16BrClFN/c1-10-3-5-13(14(17)7-10)16(20-2)9-11-8-12(19)4-6-15(11)18/h3-8,16,20H,9H2,1-2H3. The summed E-state index contributed by atoms with van der Waals surface area (Å²) in [6, 6.07) is 10.8. The van der Waals surface area contributed by atoms with Gasteiger partial charge in [0.05, 0.1) is 0 Å². The lowest BCUT2D eigenvalue weighted by Crippen LogP contribution is -2.19. The van der Waals surface area contributed by atoms with Crippen molar-refractivity contribution in [3.8, 4) is 0 Å². The third-order valence-corrected chi connectivity index (χ3v) is 4.37. The van der Waals surface area contributed by atoms with E-state index in [0.717, 1.165) is 15.6 Å². The largest absolute Gasteiger partial charge is 0.313 e. The molecule has 1 atom stereocenters. The molecule has 0 amide bonds. The molecule has 0 fully saturated rings. The van der Waals surface area contributed by atoms with E-state index in [1.165, 1.54) is 17.7 Å². The van der Waals surface area contributed by atoms with Crippen LogP contribution in [0.3, 0.4) is 0 Å². The molecule has 1 N–H and O–H groups in total. The summed E-state index contributed by atoms with van der Waals surface area (Å²) in [7, 11) is 1.89. The average molecular weight is 357 g/mol. The second-order valence-corrected chi connectivity index (χ2v) is 6.07. The van der Waals surface area contributed by atoms with Gasteiger partial charge in [0.2, 0.25) is 0 Å². The fraction of sp³-hybridized carbons (Fsp3) is 0.250. The zero-order valence-electron chi connectivity index (χ0n) is 11.4. The maximum absolute atomic E-state index is 13.3. The molecule has 0 bridgehead atoms. The first-order chi connectivity index (χ1) is 9.51. The van der Waals surface area contributed by atoms with Gasteiger partial charge in [-0.05, 0) is 61.3 Å². The third-order valence-electron chi connectivity index (χ3n) is 3.31. The summed E-state index contributed by atoms with van der Waals surface area (Å²) in [6.45, 7) is 2.05. The maximum Gasteiger partial charge on any atom is 0.123 e. The molecule has 2 aromatic carbocycles. The van der Waals surface area contributed by atoms with E-state index >= 15 is 0 Å². The van der Waals surface area contributed by atoms with Gasteiger partial charge >= 0.3 is 0 Å². The van der Waals surface area contributed by atoms with E-state index in [4.69, 9.17) is 11.6 Å². The molecule has 0 aliphatic rings. The van der Waals surface area contributed by atoms with Gasteiger partial charge in [-0.3, -0.25) is 0 Å². The van der Waals surface area contributed by atoms with Crippen LogP contribution in [0.15, 0.2) is 40.9 Å². The van der Waals surface area contributed by atoms with Gasteiger partial charge in [0.15, 0.2) is 0 Å². The van der Waals surface area contributed by atoms with Crippen LogP contribution in [0.2, 0.25) is 5.02 Å². The third kappa shape index (κ3) is 3.60. The first-order valence-corrected chi connectivity index (χ1v) is 7.55. The van der Waals surface area contributed by atoms with E-state index in [1.54, 1.807) is 6.07 Å². The number of aryl methyl sites for hydroxylation is 1. The summed E-state index contributed by atoms with van der Waals surface area (Å²) in [5.74, 6) is -0.262. The zero-order chi connectivity index (χ0) is 14.7. The smallest absolute Gasteiger partial charge is 0.123 e. The molecule has 20 heavy (non-hydrogen) atoms. The summed E-state index contributed by atoms with van der Waals surface area (Å²) < 4.78 is 14.4. The van der Waals surface area contributed by atoms with Gasteiger partial charge in [-0.2, -0.15) is 0 Å². The minimum absolute atomic E-state index is 0.0734. The quantitative estimate of drug-likeness (QED) is 0.808. The molecule has 0 aliphatic carbocycles. The minimum Gasteiger partial charge on any atom is -0.313 e. The molecule has 2 rings (SSSR count). The van der Waals surface area contributed by atoms with Crippen LogP contribution in [0.5, 0.6) is 0 Å². The van der Waals surface area contributed by atoms with Gasteiger partial charge in [0, 0.05) is 15.5 Å². The lowest BCUT2D eigenvalue weighted by atomic mass is 9.98. The maximum atomic E-state index is 13.3. The Morgan fingerprint density at radius 2 is 2.00 bits per heavy atom. The van der Waals surface area contributed by atoms with Crippen molar-refractivity contribution in [2.24, 2.45) is 0 Å². The summed E-state index contributed by atoms with van der Waals surface area (Å²) in [4.78, 5) is 0. The van der Waals surface area contributed by atoms with Crippen LogP contribution in [-0.4, -0.2) is 7.05 Å². The Kier molecular flexibility index (Phi) is 5.19. The number of halogens is 3. The molecule has 0 saturated heterocycles. The summed E-state index contributed by atoms with van der Waals surface area (Å²) in [6.07, 6.45) is 0.634. The predicted octanol–water partition coefficient (Wildman–Crippen LogP) is 5.05. The SMILES string of the molecule is CNC(Cc1cc(F)ccc1Cl)c1ccc(C)cc1Br. The van der Waals surface area contributed by atoms with Crippen molar-refractivity contribution < 1.29 is 4.39 Å². The fourth-order valence-electron chi connectivity index (χ4n) is 2.20. The number of hydrogen-bond donors (Lipinski definition) is 1. The van der Waals surface area contributed by atoms with E-state index in [1.807, 2.05) is 14.0 Å². The summed E-state index contributed by atoms with van der Waals surface area (Å²) in [5, 5.41) is 3.86. The molecule has 4 heteroatoms. The molecule has 0 aromatic heterocycles. The van der Waals surface area contributed by atoms with Crippen molar-refractivity contribution >= 4 is 27.5 Å². The van der Waals surface area contributed by atoms with Gasteiger partial charge in [0.1, 0.15) is 5.82 Å². The van der Waals surface area contributed by atoms with Crippen LogP contribution in [-0.2, 0) is 6.42 Å². The average Bonchev–Trinajstić information content (AvgIpc) is 2.40. The fourth-order valence-corrected chi connectivity index (χ4v) is 3.17. The molecule has 0 radical (unpaired) electrons. The highest BCUT2D eigenvalue weighted by molar-refractivity contribution is 9.10. The van der Waals surface area contributed by atoms with Gasteiger partial charge < -0.3 is 5.32 Å². The molecular weight excluding hydrogens is 341 g/mol. The van der Waals surface area contributed by atoms with E-state index < -0.39 is 0 Å². The topological polar surface area (TPSA) is 12.0 Å². The summed E-state index contributed by atoms with van der Waals surface area (Å²) >= 11 is 9.73. The van der Waals surface area contributed by atoms with Gasteiger partial charge in [-0.1, -0.05) is 39.7 Å². The molecule has 1 unspecified atom stereocenters. The molecule has 0 saturated carbocycles. The lowest BCUT2D eigenvalue weighted by Gasteiger charge is -2.19. The van der Waals surface area contributed by atoms with Crippen LogP contribution in [0.1, 0.15) is 22.7 Å². The number of hydrogen-bond acceptors (Lipinski definition) is 1. The van der Waals surface area contributed by atoms with Crippen molar-refractivity contribution in [1.29, 1.82) is 0 Å². The Morgan fingerprint density at radius 3 is 2.65 bits per heavy atom. The number of benzene rings is 2. The number of rotatable bonds is 4. The van der Waals surface area contributed by atoms with Crippen molar-refractivity contribution in [2.45, 2.75) is 19.4 Å². The van der Waals surface area contributed by atoms with Crippen molar-refractivity contribution in [3.05, 3.63) is 68.4 Å². The van der Waals surface area contributed by atoms with E-state index in [0.29, 0.717) is 11.4 Å². The predicted molar refractivity (Wildman–Crippen MR) is 85.8 cm³/mol. The second kappa shape index (κ2) is 6.70. The molecule has 0 aliphatic heterocycles. The highest BCUT2D eigenvalue weighted by Gasteiger charge is 2.15. The Morgan fingerprint density at radius 1 is 1.25 bits per heavy atom. The molecule has 0 spiro atoms. The highest BCUT2D eigenvalue weighted by atomic mass is 79.9. The normalized spacial score (nSPS) is 12.4. The van der Waals surface area contributed by atoms with Crippen LogP contribution < -0.4 is 5.32 Å². The molecule has 2 aromatic rings. The monoisotopic (exact) mass is 355 g/mol. The van der Waals surface area contributed by atoms with Gasteiger partial charge in [-0.15, -0.1) is 0 Å². The van der Waals surface area contributed by atoms with Gasteiger partial charge in [-0.25, -0.2) is 4.39 Å². The van der Waals surface area contributed by atoms with Crippen LogP contribution >= 0.6 is 27.5 Å². The first-order valence-electron chi connectivity index (χ1n) is 6.38. The Bertz CT molecular complexity index is 615. The van der Waals surface area contributed by atoms with Crippen LogP contribution in [0.4, 0.5) is 4.39 Å². The van der Waals surface area contributed by atoms with Crippen LogP contribution in [0.25, 0.3) is 0 Å². The molecular formula is C16H16BrClFN. The van der Waals surface area contributed by atoms with Crippen LogP contribution in [0, 0.1) is 12.7 Å². The van der Waals surface area contributed by atoms with Crippen molar-refractivity contribution in [3.63, 3.8) is 0 Å². The van der Waals surface area contributed by atoms with Gasteiger partial charge in [0.25, 0.3) is 0 Å². The van der Waals surface area contributed by atoms with Crippen molar-refractivity contribution in [2.75, 3.05) is 7.05 Å².